The lowest BCUT2D eigenvalue weighted by Gasteiger charge is -2.14. The van der Waals surface area contributed by atoms with Crippen LogP contribution in [-0.4, -0.2) is 35.2 Å². The van der Waals surface area contributed by atoms with Crippen molar-refractivity contribution in [1.82, 2.24) is 0 Å². The Morgan fingerprint density at radius 3 is 2.15 bits per heavy atom. The van der Waals surface area contributed by atoms with Gasteiger partial charge in [0, 0.05) is 0 Å². The average Bonchev–Trinajstić information content (AvgIpc) is 3.18. The molecule has 2 aromatic rings. The fourth-order valence-corrected chi connectivity index (χ4v) is 2.82. The quantitative estimate of drug-likeness (QED) is 0.569. The predicted molar refractivity (Wildman–Crippen MR) is 98.7 cm³/mol. The molecule has 0 radical (unpaired) electrons. The fraction of sp³-hybridized carbons (Fsp3) is 0.250. The number of hydrogen-bond acceptors (Lipinski definition) is 7. The molecule has 1 aliphatic heterocycles. The van der Waals surface area contributed by atoms with E-state index in [-0.39, 0.29) is 6.79 Å². The van der Waals surface area contributed by atoms with Crippen molar-refractivity contribution in [2.75, 3.05) is 35.2 Å². The van der Waals surface area contributed by atoms with Gasteiger partial charge in [-0.3, -0.25) is 0 Å². The van der Waals surface area contributed by atoms with E-state index in [1.54, 1.807) is 37.5 Å². The van der Waals surface area contributed by atoms with E-state index in [1.807, 2.05) is 0 Å². The first-order valence-electron chi connectivity index (χ1n) is 8.05. The molecule has 0 aromatic heterocycles. The van der Waals surface area contributed by atoms with Crippen LogP contribution in [0, 0.1) is 11.3 Å². The average molecular weight is 369 g/mol. The number of benzene rings is 2. The Kier molecular flexibility index (Phi) is 5.27. The number of allylic oxidation sites excluding steroid dienone is 1. The Labute approximate surface area is 157 Å². The van der Waals surface area contributed by atoms with E-state index in [9.17, 15) is 5.26 Å². The summed E-state index contributed by atoms with van der Waals surface area (Å²) in [5, 5.41) is 9.70. The Bertz CT molecular complexity index is 904. The van der Waals surface area contributed by atoms with Gasteiger partial charge in [0.25, 0.3) is 0 Å². The molecule has 0 bridgehead atoms. The second kappa shape index (κ2) is 7.79. The lowest BCUT2D eigenvalue weighted by atomic mass is 10.0. The van der Waals surface area contributed by atoms with Gasteiger partial charge in [-0.15, -0.1) is 0 Å². The van der Waals surface area contributed by atoms with Crippen molar-refractivity contribution in [1.29, 1.82) is 5.26 Å². The molecule has 1 heterocycles. The normalized spacial score (nSPS) is 12.3. The predicted octanol–water partition coefficient (Wildman–Crippen LogP) is 3.51. The fourth-order valence-electron chi connectivity index (χ4n) is 2.82. The van der Waals surface area contributed by atoms with Crippen LogP contribution < -0.4 is 28.4 Å². The second-order valence-corrected chi connectivity index (χ2v) is 5.54. The van der Waals surface area contributed by atoms with E-state index in [0.717, 1.165) is 5.56 Å². The van der Waals surface area contributed by atoms with Crippen LogP contribution in [0.4, 0.5) is 0 Å². The van der Waals surface area contributed by atoms with Gasteiger partial charge >= 0.3 is 0 Å². The smallest absolute Gasteiger partial charge is 0.231 e. The van der Waals surface area contributed by atoms with E-state index in [2.05, 4.69) is 6.07 Å². The van der Waals surface area contributed by atoms with Crippen LogP contribution in [0.25, 0.3) is 11.6 Å². The highest BCUT2D eigenvalue weighted by molar-refractivity contribution is 5.91. The molecule has 0 saturated carbocycles. The summed E-state index contributed by atoms with van der Waals surface area (Å²) in [7, 11) is 6.13. The number of methoxy groups -OCH3 is 4. The molecule has 0 aliphatic carbocycles. The topological polar surface area (TPSA) is 79.2 Å². The zero-order valence-electron chi connectivity index (χ0n) is 15.5. The molecule has 0 unspecified atom stereocenters. The van der Waals surface area contributed by atoms with Crippen LogP contribution in [0.5, 0.6) is 34.5 Å². The summed E-state index contributed by atoms with van der Waals surface area (Å²) in [4.78, 5) is 0. The van der Waals surface area contributed by atoms with Gasteiger partial charge < -0.3 is 28.4 Å². The molecule has 0 spiro atoms. The van der Waals surface area contributed by atoms with Crippen molar-refractivity contribution in [3.05, 3.63) is 35.4 Å². The van der Waals surface area contributed by atoms with Crippen LogP contribution in [0.15, 0.2) is 24.3 Å². The van der Waals surface area contributed by atoms with E-state index in [0.29, 0.717) is 45.6 Å². The summed E-state index contributed by atoms with van der Waals surface area (Å²) < 4.78 is 32.2. The van der Waals surface area contributed by atoms with Gasteiger partial charge in [0.15, 0.2) is 23.0 Å². The summed E-state index contributed by atoms with van der Waals surface area (Å²) in [5.74, 6) is 3.07. The van der Waals surface area contributed by atoms with Crippen molar-refractivity contribution < 1.29 is 28.4 Å². The van der Waals surface area contributed by atoms with Crippen molar-refractivity contribution in [2.45, 2.75) is 0 Å². The van der Waals surface area contributed by atoms with Crippen molar-refractivity contribution in [3.8, 4) is 40.6 Å². The molecular weight excluding hydrogens is 350 g/mol. The van der Waals surface area contributed by atoms with Crippen LogP contribution in [0.2, 0.25) is 0 Å². The molecule has 0 atom stereocenters. The highest BCUT2D eigenvalue weighted by atomic mass is 16.7. The van der Waals surface area contributed by atoms with E-state index >= 15 is 0 Å². The van der Waals surface area contributed by atoms with E-state index in [1.165, 1.54) is 21.3 Å². The monoisotopic (exact) mass is 369 g/mol. The van der Waals surface area contributed by atoms with Gasteiger partial charge in [0.2, 0.25) is 18.3 Å². The first-order valence-corrected chi connectivity index (χ1v) is 8.05. The molecule has 1 aliphatic rings. The molecule has 3 rings (SSSR count). The Morgan fingerprint density at radius 2 is 1.59 bits per heavy atom. The highest BCUT2D eigenvalue weighted by Crippen LogP contribution is 2.43. The minimum Gasteiger partial charge on any atom is -0.493 e. The third-order valence-electron chi connectivity index (χ3n) is 4.09. The van der Waals surface area contributed by atoms with Gasteiger partial charge in [-0.1, -0.05) is 0 Å². The maximum atomic E-state index is 9.70. The number of nitrogens with zero attached hydrogens (tertiary/aromatic N) is 1. The molecule has 7 heteroatoms. The molecule has 0 fully saturated rings. The second-order valence-electron chi connectivity index (χ2n) is 5.54. The summed E-state index contributed by atoms with van der Waals surface area (Å²) in [6.45, 7) is 0.136. The first-order chi connectivity index (χ1) is 13.1. The van der Waals surface area contributed by atoms with Crippen LogP contribution in [0.1, 0.15) is 11.1 Å². The third kappa shape index (κ3) is 3.42. The van der Waals surface area contributed by atoms with Gasteiger partial charge in [-0.2, -0.15) is 5.26 Å². The largest absolute Gasteiger partial charge is 0.493 e. The number of ether oxygens (including phenoxy) is 6. The van der Waals surface area contributed by atoms with E-state index < -0.39 is 0 Å². The lowest BCUT2D eigenvalue weighted by Crippen LogP contribution is -1.96. The minimum absolute atomic E-state index is 0.136. The highest BCUT2D eigenvalue weighted by Gasteiger charge is 2.20. The first kappa shape index (κ1) is 18.3. The standard InChI is InChI=1S/C20H19NO6/c1-22-15-6-12(7-18-20(15)27-11-26-18)5-14(10-21)13-8-16(23-2)19(25-4)17(9-13)24-3/h5-9H,11H2,1-4H3. The van der Waals surface area contributed by atoms with Gasteiger partial charge in [0.05, 0.1) is 40.1 Å². The number of hydrogen-bond donors (Lipinski definition) is 0. The molecule has 140 valence electrons. The van der Waals surface area contributed by atoms with Crippen molar-refractivity contribution in [3.63, 3.8) is 0 Å². The van der Waals surface area contributed by atoms with Crippen molar-refractivity contribution >= 4 is 11.6 Å². The summed E-state index contributed by atoms with van der Waals surface area (Å²) in [6, 6.07) is 9.23. The molecule has 0 saturated heterocycles. The van der Waals surface area contributed by atoms with Crippen LogP contribution >= 0.6 is 0 Å². The molecule has 27 heavy (non-hydrogen) atoms. The summed E-state index contributed by atoms with van der Waals surface area (Å²) in [6.07, 6.45) is 1.73. The van der Waals surface area contributed by atoms with Gasteiger partial charge in [0.1, 0.15) is 0 Å². The third-order valence-corrected chi connectivity index (χ3v) is 4.09. The minimum atomic E-state index is 0.136. The Morgan fingerprint density at radius 1 is 0.926 bits per heavy atom. The molecule has 0 amide bonds. The van der Waals surface area contributed by atoms with Gasteiger partial charge in [-0.25, -0.2) is 0 Å². The maximum absolute atomic E-state index is 9.70. The zero-order chi connectivity index (χ0) is 19.4. The van der Waals surface area contributed by atoms with Crippen LogP contribution in [0.3, 0.4) is 0 Å². The van der Waals surface area contributed by atoms with Crippen molar-refractivity contribution in [2.24, 2.45) is 0 Å². The molecular formula is C20H19NO6. The van der Waals surface area contributed by atoms with E-state index in [4.69, 9.17) is 28.4 Å². The number of rotatable bonds is 6. The Hall–Kier alpha value is -3.53. The summed E-state index contributed by atoms with van der Waals surface area (Å²) in [5.41, 5.74) is 1.78. The lowest BCUT2D eigenvalue weighted by molar-refractivity contribution is 0.171. The van der Waals surface area contributed by atoms with Crippen LogP contribution in [-0.2, 0) is 0 Å². The summed E-state index contributed by atoms with van der Waals surface area (Å²) >= 11 is 0. The molecule has 7 nitrogen and oxygen atoms in total. The number of nitriles is 1. The SMILES string of the molecule is COc1cc(C(C#N)=Cc2cc(OC)c3c(c2)OCO3)cc(OC)c1OC. The molecule has 0 N–H and O–H groups in total. The molecule has 2 aromatic carbocycles. The maximum Gasteiger partial charge on any atom is 0.231 e. The van der Waals surface area contributed by atoms with Gasteiger partial charge in [-0.05, 0) is 41.5 Å². The Balaban J connectivity index is 2.09. The number of fused-ring (bicyclic) bond motifs is 1. The zero-order valence-corrected chi connectivity index (χ0v) is 15.5.